The third-order valence-electron chi connectivity index (χ3n) is 1.92. The summed E-state index contributed by atoms with van der Waals surface area (Å²) in [6.07, 6.45) is 1.89. The van der Waals surface area contributed by atoms with E-state index < -0.39 is 12.0 Å². The van der Waals surface area contributed by atoms with E-state index in [0.717, 1.165) is 12.8 Å². The zero-order valence-electron chi connectivity index (χ0n) is 9.45. The number of nitrogens with one attached hydrogen (secondary N) is 1. The molecule has 0 aliphatic rings. The van der Waals surface area contributed by atoms with Crippen molar-refractivity contribution in [2.75, 3.05) is 6.61 Å². The van der Waals surface area contributed by atoms with Gasteiger partial charge in [-0.3, -0.25) is 4.79 Å². The van der Waals surface area contributed by atoms with Gasteiger partial charge in [0.1, 0.15) is 0 Å². The third-order valence-corrected chi connectivity index (χ3v) is 1.92. The van der Waals surface area contributed by atoms with Crippen molar-refractivity contribution in [3.05, 3.63) is 0 Å². The Kier molecular flexibility index (Phi) is 6.70. The van der Waals surface area contributed by atoms with E-state index in [1.54, 1.807) is 0 Å². The molecule has 0 rings (SSSR count). The van der Waals surface area contributed by atoms with Crippen LogP contribution in [0.15, 0.2) is 0 Å². The minimum atomic E-state index is -1.08. The maximum atomic E-state index is 10.7. The molecule has 0 aromatic carbocycles. The maximum absolute atomic E-state index is 10.7. The molecule has 0 aromatic heterocycles. The highest BCUT2D eigenvalue weighted by molar-refractivity contribution is 5.82. The summed E-state index contributed by atoms with van der Waals surface area (Å²) in [5.41, 5.74) is 0. The van der Waals surface area contributed by atoms with E-state index in [9.17, 15) is 9.59 Å². The van der Waals surface area contributed by atoms with Crippen molar-refractivity contribution in [2.45, 2.75) is 45.8 Å². The lowest BCUT2D eigenvalue weighted by atomic mass is 10.2. The standard InChI is InChI=1S/C10H19NO4/c1-4-5-7(2)15-6-9(10(13)14)11-8(3)12/h7,9H,4-6H2,1-3H3,(H,11,12)(H,13,14). The normalized spacial score (nSPS) is 14.3. The minimum absolute atomic E-state index is 0.0100. The Morgan fingerprint density at radius 3 is 2.47 bits per heavy atom. The molecule has 0 fully saturated rings. The van der Waals surface area contributed by atoms with Crippen LogP contribution in [-0.4, -0.2) is 35.7 Å². The molecule has 88 valence electrons. The summed E-state index contributed by atoms with van der Waals surface area (Å²) in [6.45, 7) is 5.21. The maximum Gasteiger partial charge on any atom is 0.328 e. The summed E-state index contributed by atoms with van der Waals surface area (Å²) >= 11 is 0. The zero-order valence-corrected chi connectivity index (χ0v) is 9.45. The van der Waals surface area contributed by atoms with Crippen LogP contribution in [0.25, 0.3) is 0 Å². The van der Waals surface area contributed by atoms with Gasteiger partial charge in [0.15, 0.2) is 6.04 Å². The lowest BCUT2D eigenvalue weighted by molar-refractivity contribution is -0.144. The van der Waals surface area contributed by atoms with Crippen molar-refractivity contribution in [3.63, 3.8) is 0 Å². The van der Waals surface area contributed by atoms with Crippen molar-refractivity contribution in [1.82, 2.24) is 5.32 Å². The second-order valence-electron chi connectivity index (χ2n) is 3.52. The summed E-state index contributed by atoms with van der Waals surface area (Å²) in [6, 6.07) is -0.957. The Morgan fingerprint density at radius 2 is 2.07 bits per heavy atom. The Labute approximate surface area is 89.8 Å². The highest BCUT2D eigenvalue weighted by atomic mass is 16.5. The van der Waals surface area contributed by atoms with Gasteiger partial charge < -0.3 is 15.2 Å². The van der Waals surface area contributed by atoms with E-state index in [1.807, 2.05) is 13.8 Å². The number of ether oxygens (including phenoxy) is 1. The van der Waals surface area contributed by atoms with Gasteiger partial charge in [-0.15, -0.1) is 0 Å². The van der Waals surface area contributed by atoms with Crippen LogP contribution in [0.1, 0.15) is 33.6 Å². The second kappa shape index (κ2) is 7.23. The molecule has 0 aliphatic carbocycles. The van der Waals surface area contributed by atoms with Gasteiger partial charge in [0.2, 0.25) is 5.91 Å². The first-order chi connectivity index (χ1) is 6.97. The molecule has 15 heavy (non-hydrogen) atoms. The van der Waals surface area contributed by atoms with Gasteiger partial charge in [-0.05, 0) is 13.3 Å². The SMILES string of the molecule is CCCC(C)OCC(NC(C)=O)C(=O)O. The van der Waals surface area contributed by atoms with Gasteiger partial charge in [-0.2, -0.15) is 0 Å². The number of carboxylic acid groups (broad SMARTS) is 1. The molecule has 2 unspecified atom stereocenters. The van der Waals surface area contributed by atoms with Crippen LogP contribution in [0, 0.1) is 0 Å². The Morgan fingerprint density at radius 1 is 1.47 bits per heavy atom. The van der Waals surface area contributed by atoms with Gasteiger partial charge >= 0.3 is 5.97 Å². The average molecular weight is 217 g/mol. The second-order valence-corrected chi connectivity index (χ2v) is 3.52. The van der Waals surface area contributed by atoms with Crippen LogP contribution >= 0.6 is 0 Å². The van der Waals surface area contributed by atoms with Crippen LogP contribution in [-0.2, 0) is 14.3 Å². The van der Waals surface area contributed by atoms with Gasteiger partial charge in [0, 0.05) is 6.92 Å². The molecule has 1 amide bonds. The average Bonchev–Trinajstić information content (AvgIpc) is 2.11. The molecule has 5 heteroatoms. The van der Waals surface area contributed by atoms with Crippen LogP contribution < -0.4 is 5.32 Å². The molecule has 2 N–H and O–H groups in total. The Hall–Kier alpha value is -1.10. The van der Waals surface area contributed by atoms with Crippen molar-refractivity contribution < 1.29 is 19.4 Å². The fourth-order valence-electron chi connectivity index (χ4n) is 1.17. The highest BCUT2D eigenvalue weighted by Crippen LogP contribution is 2.01. The van der Waals surface area contributed by atoms with Gasteiger partial charge in [0.25, 0.3) is 0 Å². The largest absolute Gasteiger partial charge is 0.480 e. The number of rotatable bonds is 7. The topological polar surface area (TPSA) is 75.6 Å². The molecular weight excluding hydrogens is 198 g/mol. The number of hydrogen-bond donors (Lipinski definition) is 2. The van der Waals surface area contributed by atoms with Gasteiger partial charge in [-0.1, -0.05) is 13.3 Å². The van der Waals surface area contributed by atoms with E-state index in [2.05, 4.69) is 5.32 Å². The van der Waals surface area contributed by atoms with Crippen molar-refractivity contribution >= 4 is 11.9 Å². The monoisotopic (exact) mass is 217 g/mol. The summed E-state index contributed by atoms with van der Waals surface area (Å²) in [4.78, 5) is 21.4. The molecule has 0 saturated carbocycles. The molecule has 0 heterocycles. The first-order valence-corrected chi connectivity index (χ1v) is 5.08. The van der Waals surface area contributed by atoms with E-state index in [0.29, 0.717) is 0 Å². The number of carbonyl (C=O) groups excluding carboxylic acids is 1. The fourth-order valence-corrected chi connectivity index (χ4v) is 1.17. The van der Waals surface area contributed by atoms with Crippen LogP contribution in [0.5, 0.6) is 0 Å². The fraction of sp³-hybridized carbons (Fsp3) is 0.800. The molecule has 0 bridgehead atoms. The number of amides is 1. The first kappa shape index (κ1) is 13.9. The first-order valence-electron chi connectivity index (χ1n) is 5.08. The van der Waals surface area contributed by atoms with Crippen LogP contribution in [0.2, 0.25) is 0 Å². The lowest BCUT2D eigenvalue weighted by Crippen LogP contribution is -2.43. The molecule has 0 aliphatic heterocycles. The van der Waals surface area contributed by atoms with E-state index in [4.69, 9.17) is 9.84 Å². The molecule has 0 radical (unpaired) electrons. The Bertz CT molecular complexity index is 217. The molecule has 0 spiro atoms. The Balaban J connectivity index is 3.96. The summed E-state index contributed by atoms with van der Waals surface area (Å²) in [5, 5.41) is 11.1. The number of aliphatic carboxylic acids is 1. The molecule has 0 aromatic rings. The third kappa shape index (κ3) is 6.90. The quantitative estimate of drug-likeness (QED) is 0.660. The van der Waals surface area contributed by atoms with Crippen LogP contribution in [0.4, 0.5) is 0 Å². The van der Waals surface area contributed by atoms with Crippen molar-refractivity contribution in [1.29, 1.82) is 0 Å². The van der Waals surface area contributed by atoms with Crippen LogP contribution in [0.3, 0.4) is 0 Å². The van der Waals surface area contributed by atoms with E-state index in [1.165, 1.54) is 6.92 Å². The smallest absolute Gasteiger partial charge is 0.328 e. The van der Waals surface area contributed by atoms with Crippen molar-refractivity contribution in [2.24, 2.45) is 0 Å². The number of carbonyl (C=O) groups is 2. The van der Waals surface area contributed by atoms with Gasteiger partial charge in [-0.25, -0.2) is 4.79 Å². The number of carboxylic acids is 1. The predicted molar refractivity (Wildman–Crippen MR) is 55.6 cm³/mol. The molecule has 0 saturated heterocycles. The minimum Gasteiger partial charge on any atom is -0.480 e. The molecule has 5 nitrogen and oxygen atoms in total. The molecule has 2 atom stereocenters. The molecular formula is C10H19NO4. The lowest BCUT2D eigenvalue weighted by Gasteiger charge is -2.17. The predicted octanol–water partition coefficient (Wildman–Crippen LogP) is 0.781. The van der Waals surface area contributed by atoms with E-state index in [-0.39, 0.29) is 18.6 Å². The van der Waals surface area contributed by atoms with Gasteiger partial charge in [0.05, 0.1) is 12.7 Å². The summed E-state index contributed by atoms with van der Waals surface area (Å²) in [7, 11) is 0. The summed E-state index contributed by atoms with van der Waals surface area (Å²) < 4.78 is 5.31. The van der Waals surface area contributed by atoms with Crippen molar-refractivity contribution in [3.8, 4) is 0 Å². The highest BCUT2D eigenvalue weighted by Gasteiger charge is 2.19. The van der Waals surface area contributed by atoms with E-state index >= 15 is 0 Å². The number of hydrogen-bond acceptors (Lipinski definition) is 3. The summed E-state index contributed by atoms with van der Waals surface area (Å²) in [5.74, 6) is -1.44. The zero-order chi connectivity index (χ0) is 11.8.